The molecular weight excluding hydrogens is 294 g/mol. The third-order valence-electron chi connectivity index (χ3n) is 3.60. The van der Waals surface area contributed by atoms with E-state index in [0.717, 1.165) is 13.2 Å². The van der Waals surface area contributed by atoms with Gasteiger partial charge in [-0.1, -0.05) is 5.16 Å². The second-order valence-corrected chi connectivity index (χ2v) is 6.74. The van der Waals surface area contributed by atoms with E-state index in [1.807, 2.05) is 20.8 Å². The highest BCUT2D eigenvalue weighted by atomic mass is 19.3. The maximum atomic E-state index is 13.5. The maximum Gasteiger partial charge on any atom is 0.410 e. The quantitative estimate of drug-likeness (QED) is 0.830. The van der Waals surface area contributed by atoms with Crippen LogP contribution in [0.2, 0.25) is 0 Å². The summed E-state index contributed by atoms with van der Waals surface area (Å²) in [6.45, 7) is 7.18. The lowest BCUT2D eigenvalue weighted by Crippen LogP contribution is -2.41. The van der Waals surface area contributed by atoms with E-state index in [4.69, 9.17) is 9.26 Å². The van der Waals surface area contributed by atoms with Crippen LogP contribution in [0.3, 0.4) is 0 Å². The van der Waals surface area contributed by atoms with Crippen molar-refractivity contribution in [2.45, 2.75) is 58.0 Å². The highest BCUT2D eigenvalue weighted by molar-refractivity contribution is 5.68. The fourth-order valence-corrected chi connectivity index (χ4v) is 2.53. The summed E-state index contributed by atoms with van der Waals surface area (Å²) in [7, 11) is 0. The SMILES string of the molecule is CC(C)(C)OC(=O)N1CCC(c2nocc2C(C)(F)F)CC1. The van der Waals surface area contributed by atoms with E-state index in [1.54, 1.807) is 4.90 Å². The molecule has 5 nitrogen and oxygen atoms in total. The van der Waals surface area contributed by atoms with Crippen LogP contribution in [0.1, 0.15) is 57.7 Å². The lowest BCUT2D eigenvalue weighted by Gasteiger charge is -2.33. The fourth-order valence-electron chi connectivity index (χ4n) is 2.53. The number of alkyl halides is 2. The Morgan fingerprint density at radius 3 is 2.41 bits per heavy atom. The summed E-state index contributed by atoms with van der Waals surface area (Å²) < 4.78 is 37.1. The van der Waals surface area contributed by atoms with Crippen molar-refractivity contribution in [3.63, 3.8) is 0 Å². The summed E-state index contributed by atoms with van der Waals surface area (Å²) in [5, 5.41) is 3.75. The van der Waals surface area contributed by atoms with Crippen molar-refractivity contribution in [1.82, 2.24) is 10.1 Å². The van der Waals surface area contributed by atoms with Gasteiger partial charge in [0.2, 0.25) is 0 Å². The molecule has 0 unspecified atom stereocenters. The number of likely N-dealkylation sites (tertiary alicyclic amines) is 1. The van der Waals surface area contributed by atoms with E-state index in [-0.39, 0.29) is 17.6 Å². The van der Waals surface area contributed by atoms with Crippen molar-refractivity contribution in [2.24, 2.45) is 0 Å². The second-order valence-electron chi connectivity index (χ2n) is 6.74. The van der Waals surface area contributed by atoms with Crippen LogP contribution in [-0.2, 0) is 10.7 Å². The van der Waals surface area contributed by atoms with Gasteiger partial charge in [0, 0.05) is 25.9 Å². The van der Waals surface area contributed by atoms with Gasteiger partial charge in [0.15, 0.2) is 0 Å². The zero-order valence-electron chi connectivity index (χ0n) is 13.4. The van der Waals surface area contributed by atoms with E-state index in [2.05, 4.69) is 5.16 Å². The number of nitrogens with zero attached hydrogens (tertiary/aromatic N) is 2. The Morgan fingerprint density at radius 2 is 1.91 bits per heavy atom. The number of piperidine rings is 1. The molecule has 1 aromatic heterocycles. The highest BCUT2D eigenvalue weighted by Crippen LogP contribution is 2.37. The molecule has 1 aromatic rings. The summed E-state index contributed by atoms with van der Waals surface area (Å²) >= 11 is 0. The minimum Gasteiger partial charge on any atom is -0.444 e. The topological polar surface area (TPSA) is 55.6 Å². The van der Waals surface area contributed by atoms with Gasteiger partial charge >= 0.3 is 6.09 Å². The molecule has 0 atom stereocenters. The van der Waals surface area contributed by atoms with Gasteiger partial charge in [-0.15, -0.1) is 0 Å². The normalized spacial score (nSPS) is 17.6. The lowest BCUT2D eigenvalue weighted by atomic mass is 9.90. The molecule has 0 aliphatic carbocycles. The van der Waals surface area contributed by atoms with E-state index >= 15 is 0 Å². The average molecular weight is 316 g/mol. The van der Waals surface area contributed by atoms with E-state index in [1.165, 1.54) is 0 Å². The molecule has 2 rings (SSSR count). The van der Waals surface area contributed by atoms with Crippen LogP contribution in [0.5, 0.6) is 0 Å². The third-order valence-corrected chi connectivity index (χ3v) is 3.60. The van der Waals surface area contributed by atoms with Crippen molar-refractivity contribution < 1.29 is 22.8 Å². The largest absolute Gasteiger partial charge is 0.444 e. The summed E-state index contributed by atoms with van der Waals surface area (Å²) in [4.78, 5) is 13.6. The fraction of sp³-hybridized carbons (Fsp3) is 0.733. The van der Waals surface area contributed by atoms with E-state index in [0.29, 0.717) is 31.6 Å². The van der Waals surface area contributed by atoms with Crippen molar-refractivity contribution in [2.75, 3.05) is 13.1 Å². The number of hydrogen-bond acceptors (Lipinski definition) is 4. The first-order chi connectivity index (χ1) is 10.1. The minimum absolute atomic E-state index is 0.127. The Labute approximate surface area is 128 Å². The number of carbonyl (C=O) groups is 1. The van der Waals surface area contributed by atoms with Crippen molar-refractivity contribution in [3.05, 3.63) is 17.5 Å². The Bertz CT molecular complexity index is 524. The number of amides is 1. The summed E-state index contributed by atoms with van der Waals surface area (Å²) in [6.07, 6.45) is 1.77. The van der Waals surface area contributed by atoms with E-state index in [9.17, 15) is 13.6 Å². The minimum atomic E-state index is -2.97. The van der Waals surface area contributed by atoms with Gasteiger partial charge in [-0.25, -0.2) is 13.6 Å². The number of carbonyl (C=O) groups excluding carboxylic acids is 1. The molecule has 0 N–H and O–H groups in total. The average Bonchev–Trinajstić information content (AvgIpc) is 2.86. The first-order valence-corrected chi connectivity index (χ1v) is 7.38. The van der Waals surface area contributed by atoms with E-state index < -0.39 is 11.5 Å². The molecule has 2 heterocycles. The number of ether oxygens (including phenoxy) is 1. The monoisotopic (exact) mass is 316 g/mol. The molecule has 124 valence electrons. The molecule has 0 aromatic carbocycles. The summed E-state index contributed by atoms with van der Waals surface area (Å²) in [5.74, 6) is -3.10. The van der Waals surface area contributed by atoms with Crippen LogP contribution in [0, 0.1) is 0 Å². The standard InChI is InChI=1S/C15H22F2N2O3/c1-14(2,3)22-13(20)19-7-5-10(6-8-19)12-11(9-21-18-12)15(4,16)17/h9-10H,5-8H2,1-4H3. The molecule has 1 aliphatic rings. The van der Waals surface area contributed by atoms with Gasteiger partial charge in [0.05, 0.1) is 11.3 Å². The second kappa shape index (κ2) is 5.85. The smallest absolute Gasteiger partial charge is 0.410 e. The first-order valence-electron chi connectivity index (χ1n) is 7.38. The molecule has 0 bridgehead atoms. The molecule has 0 spiro atoms. The Kier molecular flexibility index (Phi) is 4.44. The van der Waals surface area contributed by atoms with Crippen molar-refractivity contribution >= 4 is 6.09 Å². The molecule has 7 heteroatoms. The summed E-state index contributed by atoms with van der Waals surface area (Å²) in [5.41, 5.74) is -0.406. The van der Waals surface area contributed by atoms with Crippen molar-refractivity contribution in [1.29, 1.82) is 0 Å². The predicted molar refractivity (Wildman–Crippen MR) is 75.9 cm³/mol. The molecule has 0 radical (unpaired) electrons. The highest BCUT2D eigenvalue weighted by Gasteiger charge is 2.36. The van der Waals surface area contributed by atoms with Gasteiger partial charge in [-0.05, 0) is 33.6 Å². The molecule has 0 saturated carbocycles. The van der Waals surface area contributed by atoms with Crippen LogP contribution < -0.4 is 0 Å². The van der Waals surface area contributed by atoms with Gasteiger partial charge in [0.25, 0.3) is 5.92 Å². The molecule has 1 amide bonds. The van der Waals surface area contributed by atoms with Crippen LogP contribution in [0.25, 0.3) is 0 Å². The lowest BCUT2D eigenvalue weighted by molar-refractivity contribution is 0.0131. The molecule has 1 saturated heterocycles. The molecule has 1 aliphatic heterocycles. The number of rotatable bonds is 2. The van der Waals surface area contributed by atoms with Crippen LogP contribution in [0.4, 0.5) is 13.6 Å². The van der Waals surface area contributed by atoms with Gasteiger partial charge < -0.3 is 14.2 Å². The van der Waals surface area contributed by atoms with Gasteiger partial charge in [-0.3, -0.25) is 0 Å². The molecule has 22 heavy (non-hydrogen) atoms. The maximum absolute atomic E-state index is 13.5. The predicted octanol–water partition coefficient (Wildman–Crippen LogP) is 3.90. The van der Waals surface area contributed by atoms with Gasteiger partial charge in [-0.2, -0.15) is 0 Å². The van der Waals surface area contributed by atoms with Crippen LogP contribution in [0.15, 0.2) is 10.8 Å². The zero-order valence-corrected chi connectivity index (χ0v) is 13.4. The third kappa shape index (κ3) is 3.96. The summed E-state index contributed by atoms with van der Waals surface area (Å²) in [6, 6.07) is 0. The Balaban J connectivity index is 1.99. The first kappa shape index (κ1) is 16.7. The molecular formula is C15H22F2N2O3. The Morgan fingerprint density at radius 1 is 1.32 bits per heavy atom. The van der Waals surface area contributed by atoms with Crippen molar-refractivity contribution in [3.8, 4) is 0 Å². The van der Waals surface area contributed by atoms with Gasteiger partial charge in [0.1, 0.15) is 11.9 Å². The van der Waals surface area contributed by atoms with Crippen LogP contribution >= 0.6 is 0 Å². The number of hydrogen-bond donors (Lipinski definition) is 0. The molecule has 1 fully saturated rings. The Hall–Kier alpha value is -1.66. The van der Waals surface area contributed by atoms with Crippen LogP contribution in [-0.4, -0.2) is 34.8 Å². The number of aromatic nitrogens is 1. The zero-order chi connectivity index (χ0) is 16.5. The number of halogens is 2.